The molecule has 1 aliphatic rings. The third-order valence-corrected chi connectivity index (χ3v) is 3.56. The maximum Gasteiger partial charge on any atom is 0.167 e. The standard InChI is InChI=1S/C13H22FN3/c1-3-17-9-8-16-12(17)13(2,14)10-11-6-4-5-7-15-11/h8-9,11,15H,3-7,10H2,1-2H3. The summed E-state index contributed by atoms with van der Waals surface area (Å²) in [5, 5.41) is 3.40. The lowest BCUT2D eigenvalue weighted by Gasteiger charge is -2.29. The highest BCUT2D eigenvalue weighted by molar-refractivity contribution is 5.05. The largest absolute Gasteiger partial charge is 0.333 e. The number of aromatic nitrogens is 2. The van der Waals surface area contributed by atoms with Gasteiger partial charge in [-0.05, 0) is 33.2 Å². The van der Waals surface area contributed by atoms with Gasteiger partial charge in [-0.25, -0.2) is 9.37 Å². The van der Waals surface area contributed by atoms with Crippen molar-refractivity contribution in [2.45, 2.75) is 57.8 Å². The molecule has 4 heteroatoms. The number of hydrogen-bond acceptors (Lipinski definition) is 2. The van der Waals surface area contributed by atoms with Crippen LogP contribution in [0.5, 0.6) is 0 Å². The van der Waals surface area contributed by atoms with E-state index >= 15 is 0 Å². The molecular formula is C13H22FN3. The molecule has 0 amide bonds. The van der Waals surface area contributed by atoms with Gasteiger partial charge in [0.05, 0.1) is 0 Å². The molecule has 1 fully saturated rings. The summed E-state index contributed by atoms with van der Waals surface area (Å²) in [6.45, 7) is 5.45. The lowest BCUT2D eigenvalue weighted by atomic mass is 9.92. The Kier molecular flexibility index (Phi) is 3.82. The Morgan fingerprint density at radius 1 is 1.59 bits per heavy atom. The van der Waals surface area contributed by atoms with E-state index in [1.54, 1.807) is 13.1 Å². The number of alkyl halides is 1. The van der Waals surface area contributed by atoms with Gasteiger partial charge in [0.2, 0.25) is 0 Å². The van der Waals surface area contributed by atoms with Crippen molar-refractivity contribution >= 4 is 0 Å². The van der Waals surface area contributed by atoms with Gasteiger partial charge in [-0.15, -0.1) is 0 Å². The van der Waals surface area contributed by atoms with Gasteiger partial charge in [-0.2, -0.15) is 0 Å². The summed E-state index contributed by atoms with van der Waals surface area (Å²) >= 11 is 0. The molecule has 2 unspecified atom stereocenters. The van der Waals surface area contributed by atoms with Gasteiger partial charge < -0.3 is 9.88 Å². The lowest BCUT2D eigenvalue weighted by molar-refractivity contribution is 0.130. The Morgan fingerprint density at radius 3 is 3.06 bits per heavy atom. The minimum atomic E-state index is -1.34. The molecule has 0 aliphatic carbocycles. The third-order valence-electron chi connectivity index (χ3n) is 3.56. The van der Waals surface area contributed by atoms with E-state index in [1.165, 1.54) is 12.8 Å². The first-order valence-electron chi connectivity index (χ1n) is 6.57. The predicted molar refractivity (Wildman–Crippen MR) is 66.6 cm³/mol. The van der Waals surface area contributed by atoms with E-state index in [0.717, 1.165) is 19.5 Å². The first-order valence-corrected chi connectivity index (χ1v) is 6.57. The maximum atomic E-state index is 14.8. The van der Waals surface area contributed by atoms with Gasteiger partial charge in [-0.3, -0.25) is 0 Å². The molecule has 2 atom stereocenters. The second kappa shape index (κ2) is 5.17. The van der Waals surface area contributed by atoms with Gasteiger partial charge in [0.25, 0.3) is 0 Å². The fraction of sp³-hybridized carbons (Fsp3) is 0.769. The van der Waals surface area contributed by atoms with E-state index in [1.807, 2.05) is 17.7 Å². The predicted octanol–water partition coefficient (Wildman–Crippen LogP) is 2.62. The minimum Gasteiger partial charge on any atom is -0.333 e. The minimum absolute atomic E-state index is 0.292. The van der Waals surface area contributed by atoms with E-state index in [2.05, 4.69) is 10.3 Å². The van der Waals surface area contributed by atoms with E-state index in [0.29, 0.717) is 18.3 Å². The molecule has 1 aromatic heterocycles. The molecule has 1 aromatic rings. The van der Waals surface area contributed by atoms with Gasteiger partial charge in [0.15, 0.2) is 5.67 Å². The van der Waals surface area contributed by atoms with Gasteiger partial charge in [-0.1, -0.05) is 6.42 Å². The highest BCUT2D eigenvalue weighted by atomic mass is 19.1. The van der Waals surface area contributed by atoms with Crippen LogP contribution < -0.4 is 5.32 Å². The zero-order valence-electron chi connectivity index (χ0n) is 10.7. The summed E-state index contributed by atoms with van der Waals surface area (Å²) in [6, 6.07) is 0.292. The van der Waals surface area contributed by atoms with E-state index < -0.39 is 5.67 Å². The molecule has 1 N–H and O–H groups in total. The first-order chi connectivity index (χ1) is 8.13. The van der Waals surface area contributed by atoms with Crippen molar-refractivity contribution in [3.63, 3.8) is 0 Å². The van der Waals surface area contributed by atoms with E-state index in [4.69, 9.17) is 0 Å². The maximum absolute atomic E-state index is 14.8. The highest BCUT2D eigenvalue weighted by Gasteiger charge is 2.34. The second-order valence-corrected chi connectivity index (χ2v) is 5.09. The summed E-state index contributed by atoms with van der Waals surface area (Å²) in [5.74, 6) is 0.562. The molecule has 96 valence electrons. The molecule has 3 nitrogen and oxygen atoms in total. The van der Waals surface area contributed by atoms with Gasteiger partial charge in [0, 0.05) is 31.4 Å². The quantitative estimate of drug-likeness (QED) is 0.875. The Hall–Kier alpha value is -0.900. The van der Waals surface area contributed by atoms with E-state index in [-0.39, 0.29) is 0 Å². The smallest absolute Gasteiger partial charge is 0.167 e. The molecule has 2 heterocycles. The summed E-state index contributed by atoms with van der Waals surface area (Å²) in [7, 11) is 0. The molecule has 2 rings (SSSR count). The molecule has 17 heavy (non-hydrogen) atoms. The number of halogens is 1. The SMILES string of the molecule is CCn1ccnc1C(C)(F)CC1CCCCN1. The number of rotatable bonds is 4. The Labute approximate surface area is 102 Å². The van der Waals surface area contributed by atoms with Crippen LogP contribution >= 0.6 is 0 Å². The van der Waals surface area contributed by atoms with Crippen molar-refractivity contribution in [3.8, 4) is 0 Å². The number of imidazole rings is 1. The lowest BCUT2D eigenvalue weighted by Crippen LogP contribution is -2.39. The van der Waals surface area contributed by atoms with Crippen LogP contribution in [0.25, 0.3) is 0 Å². The molecule has 1 aliphatic heterocycles. The van der Waals surface area contributed by atoms with Crippen LogP contribution in [0.1, 0.15) is 45.4 Å². The summed E-state index contributed by atoms with van der Waals surface area (Å²) in [5.41, 5.74) is -1.34. The molecule has 0 saturated carbocycles. The summed E-state index contributed by atoms with van der Waals surface area (Å²) in [6.07, 6.45) is 7.54. The zero-order chi connectivity index (χ0) is 12.3. The zero-order valence-corrected chi connectivity index (χ0v) is 10.7. The number of aryl methyl sites for hydroxylation is 1. The van der Waals surface area contributed by atoms with Crippen LogP contribution in [-0.2, 0) is 12.2 Å². The monoisotopic (exact) mass is 239 g/mol. The summed E-state index contributed by atoms with van der Waals surface area (Å²) in [4.78, 5) is 4.18. The Balaban J connectivity index is 2.06. The van der Waals surface area contributed by atoms with Crippen molar-refractivity contribution in [2.24, 2.45) is 0 Å². The van der Waals surface area contributed by atoms with Crippen LogP contribution in [0.4, 0.5) is 4.39 Å². The van der Waals surface area contributed by atoms with Crippen molar-refractivity contribution in [2.75, 3.05) is 6.54 Å². The molecular weight excluding hydrogens is 217 g/mol. The second-order valence-electron chi connectivity index (χ2n) is 5.09. The highest BCUT2D eigenvalue weighted by Crippen LogP contribution is 2.31. The number of nitrogens with zero attached hydrogens (tertiary/aromatic N) is 2. The molecule has 1 saturated heterocycles. The molecule has 0 aromatic carbocycles. The molecule has 0 spiro atoms. The van der Waals surface area contributed by atoms with Gasteiger partial charge in [0.1, 0.15) is 5.82 Å². The summed E-state index contributed by atoms with van der Waals surface area (Å²) < 4.78 is 16.7. The van der Waals surface area contributed by atoms with Crippen LogP contribution in [0, 0.1) is 0 Å². The fourth-order valence-electron chi connectivity index (χ4n) is 2.67. The number of nitrogens with one attached hydrogen (secondary N) is 1. The van der Waals surface area contributed by atoms with Gasteiger partial charge >= 0.3 is 0 Å². The van der Waals surface area contributed by atoms with Crippen molar-refractivity contribution in [1.82, 2.24) is 14.9 Å². The van der Waals surface area contributed by atoms with Crippen molar-refractivity contribution < 1.29 is 4.39 Å². The number of hydrogen-bond donors (Lipinski definition) is 1. The Morgan fingerprint density at radius 2 is 2.41 bits per heavy atom. The van der Waals surface area contributed by atoms with Crippen LogP contribution in [-0.4, -0.2) is 22.1 Å². The number of piperidine rings is 1. The van der Waals surface area contributed by atoms with Crippen molar-refractivity contribution in [3.05, 3.63) is 18.2 Å². The van der Waals surface area contributed by atoms with Crippen LogP contribution in [0.15, 0.2) is 12.4 Å². The van der Waals surface area contributed by atoms with Crippen molar-refractivity contribution in [1.29, 1.82) is 0 Å². The van der Waals surface area contributed by atoms with E-state index in [9.17, 15) is 4.39 Å². The third kappa shape index (κ3) is 2.86. The topological polar surface area (TPSA) is 29.9 Å². The average Bonchev–Trinajstić information content (AvgIpc) is 2.78. The first kappa shape index (κ1) is 12.6. The van der Waals surface area contributed by atoms with Crippen LogP contribution in [0.3, 0.4) is 0 Å². The molecule has 0 bridgehead atoms. The fourth-order valence-corrected chi connectivity index (χ4v) is 2.67. The average molecular weight is 239 g/mol. The van der Waals surface area contributed by atoms with Crippen LogP contribution in [0.2, 0.25) is 0 Å². The Bertz CT molecular complexity index is 353. The normalized spacial score (nSPS) is 24.5. The molecule has 0 radical (unpaired) electrons.